The van der Waals surface area contributed by atoms with Gasteiger partial charge in [0.25, 0.3) is 0 Å². The second-order valence-electron chi connectivity index (χ2n) is 5.11. The normalized spacial score (nSPS) is 11.6. The summed E-state index contributed by atoms with van der Waals surface area (Å²) in [6.07, 6.45) is 0.971. The molecule has 1 rings (SSSR count). The Morgan fingerprint density at radius 2 is 2.12 bits per heavy atom. The largest absolute Gasteiger partial charge is 0.444 e. The summed E-state index contributed by atoms with van der Waals surface area (Å²) in [5.74, 6) is 0.467. The van der Waals surface area contributed by atoms with Crippen LogP contribution in [0, 0.1) is 0 Å². The minimum atomic E-state index is -0.540. The number of rotatable bonds is 2. The maximum absolute atomic E-state index is 11.6. The summed E-state index contributed by atoms with van der Waals surface area (Å²) in [5, 5.41) is 6.70. The van der Waals surface area contributed by atoms with Crippen LogP contribution in [-0.4, -0.2) is 21.5 Å². The predicted octanol–water partition coefficient (Wildman–Crippen LogP) is 2.39. The van der Waals surface area contributed by atoms with E-state index in [1.54, 1.807) is 25.5 Å². The van der Waals surface area contributed by atoms with Gasteiger partial charge in [-0.1, -0.05) is 0 Å². The lowest BCUT2D eigenvalue weighted by molar-refractivity contribution is 0.0634. The molecule has 0 spiro atoms. The zero-order chi connectivity index (χ0) is 13.2. The lowest BCUT2D eigenvalue weighted by Gasteiger charge is -2.20. The van der Waals surface area contributed by atoms with Crippen molar-refractivity contribution in [3.8, 4) is 0 Å². The minimum absolute atomic E-state index is 0.109. The monoisotopic (exact) mass is 240 g/mol. The van der Waals surface area contributed by atoms with Crippen molar-refractivity contribution in [2.24, 2.45) is 0 Å². The summed E-state index contributed by atoms with van der Waals surface area (Å²) in [4.78, 5) is 11.6. The van der Waals surface area contributed by atoms with Gasteiger partial charge >= 0.3 is 6.09 Å². The van der Waals surface area contributed by atoms with Gasteiger partial charge in [0.2, 0.25) is 0 Å². The van der Waals surface area contributed by atoms with Crippen LogP contribution in [0.5, 0.6) is 0 Å². The number of nitrogens with two attached hydrogens (primary N) is 1. The Bertz CT molecular complexity index is 404. The van der Waals surface area contributed by atoms with Gasteiger partial charge in [-0.3, -0.25) is 5.32 Å². The van der Waals surface area contributed by atoms with E-state index < -0.39 is 11.7 Å². The maximum Gasteiger partial charge on any atom is 0.413 e. The number of hydrogen-bond acceptors (Lipinski definition) is 4. The van der Waals surface area contributed by atoms with E-state index in [4.69, 9.17) is 10.5 Å². The fraction of sp³-hybridized carbons (Fsp3) is 0.636. The highest BCUT2D eigenvalue weighted by Gasteiger charge is 2.19. The summed E-state index contributed by atoms with van der Waals surface area (Å²) in [6, 6.07) is 0.109. The maximum atomic E-state index is 11.6. The molecule has 0 aliphatic carbocycles. The molecule has 0 fully saturated rings. The molecule has 0 bridgehead atoms. The molecule has 0 atom stereocenters. The van der Waals surface area contributed by atoms with Crippen LogP contribution < -0.4 is 11.1 Å². The summed E-state index contributed by atoms with van der Waals surface area (Å²) in [6.45, 7) is 9.31. The number of nitrogens with one attached hydrogen (secondary N) is 1. The molecule has 6 heteroatoms. The molecule has 0 unspecified atom stereocenters. The second kappa shape index (κ2) is 4.65. The molecule has 0 aliphatic heterocycles. The van der Waals surface area contributed by atoms with Crippen molar-refractivity contribution in [2.75, 3.05) is 11.1 Å². The molecule has 1 amide bonds. The number of carbonyl (C=O) groups is 1. The van der Waals surface area contributed by atoms with Crippen LogP contribution in [0.15, 0.2) is 6.20 Å². The number of nitrogens with zero attached hydrogens (tertiary/aromatic N) is 2. The first-order valence-corrected chi connectivity index (χ1v) is 5.53. The number of nitrogen functional groups attached to an aromatic ring is 1. The van der Waals surface area contributed by atoms with Crippen molar-refractivity contribution in [3.05, 3.63) is 6.20 Å². The van der Waals surface area contributed by atoms with Gasteiger partial charge in [-0.15, -0.1) is 0 Å². The Balaban J connectivity index is 2.81. The zero-order valence-corrected chi connectivity index (χ0v) is 10.9. The van der Waals surface area contributed by atoms with E-state index in [0.29, 0.717) is 11.5 Å². The third-order valence-corrected chi connectivity index (χ3v) is 1.93. The van der Waals surface area contributed by atoms with Gasteiger partial charge in [-0.2, -0.15) is 5.10 Å². The molecule has 17 heavy (non-hydrogen) atoms. The number of hydrogen-bond donors (Lipinski definition) is 2. The lowest BCUT2D eigenvalue weighted by Crippen LogP contribution is -2.28. The number of amides is 1. The topological polar surface area (TPSA) is 82.2 Å². The third-order valence-electron chi connectivity index (χ3n) is 1.93. The average Bonchev–Trinajstić information content (AvgIpc) is 2.44. The van der Waals surface area contributed by atoms with Crippen molar-refractivity contribution in [3.63, 3.8) is 0 Å². The molecule has 1 aromatic heterocycles. The van der Waals surface area contributed by atoms with Crippen molar-refractivity contribution in [1.82, 2.24) is 9.78 Å². The highest BCUT2D eigenvalue weighted by atomic mass is 16.6. The van der Waals surface area contributed by atoms with Crippen molar-refractivity contribution in [2.45, 2.75) is 46.3 Å². The first-order valence-electron chi connectivity index (χ1n) is 5.53. The molecule has 1 aromatic rings. The smallest absolute Gasteiger partial charge is 0.413 e. The summed E-state index contributed by atoms with van der Waals surface area (Å²) in [5.41, 5.74) is 5.62. The highest BCUT2D eigenvalue weighted by molar-refractivity contribution is 5.87. The van der Waals surface area contributed by atoms with Gasteiger partial charge in [0.1, 0.15) is 5.60 Å². The first kappa shape index (κ1) is 13.3. The van der Waals surface area contributed by atoms with E-state index in [1.807, 2.05) is 13.8 Å². The Hall–Kier alpha value is -1.72. The Kier molecular flexibility index (Phi) is 3.65. The van der Waals surface area contributed by atoms with Crippen LogP contribution in [0.1, 0.15) is 40.7 Å². The van der Waals surface area contributed by atoms with Gasteiger partial charge < -0.3 is 10.5 Å². The summed E-state index contributed by atoms with van der Waals surface area (Å²) >= 11 is 0. The van der Waals surface area contributed by atoms with Gasteiger partial charge in [0.05, 0.1) is 11.9 Å². The van der Waals surface area contributed by atoms with E-state index in [-0.39, 0.29) is 6.04 Å². The van der Waals surface area contributed by atoms with Gasteiger partial charge in [0.15, 0.2) is 5.82 Å². The van der Waals surface area contributed by atoms with E-state index in [2.05, 4.69) is 10.4 Å². The molecule has 0 aliphatic rings. The molecule has 0 saturated carbocycles. The number of anilines is 2. The fourth-order valence-corrected chi connectivity index (χ4v) is 1.30. The van der Waals surface area contributed by atoms with E-state index in [1.165, 1.54) is 6.20 Å². The van der Waals surface area contributed by atoms with Crippen LogP contribution >= 0.6 is 0 Å². The molecule has 1 heterocycles. The SMILES string of the molecule is CC(C)n1ncc(N)c1NC(=O)OC(C)(C)C. The van der Waals surface area contributed by atoms with Crippen molar-refractivity contribution in [1.29, 1.82) is 0 Å². The highest BCUT2D eigenvalue weighted by Crippen LogP contribution is 2.22. The van der Waals surface area contributed by atoms with E-state index >= 15 is 0 Å². The molecule has 96 valence electrons. The molecule has 6 nitrogen and oxygen atoms in total. The van der Waals surface area contributed by atoms with Crippen LogP contribution in [-0.2, 0) is 4.74 Å². The lowest BCUT2D eigenvalue weighted by atomic mass is 10.2. The Labute approximate surface area is 101 Å². The molecule has 0 aromatic carbocycles. The van der Waals surface area contributed by atoms with Crippen LogP contribution in [0.2, 0.25) is 0 Å². The van der Waals surface area contributed by atoms with Crippen molar-refractivity contribution >= 4 is 17.6 Å². The zero-order valence-electron chi connectivity index (χ0n) is 10.9. The second-order valence-corrected chi connectivity index (χ2v) is 5.11. The average molecular weight is 240 g/mol. The number of ether oxygens (including phenoxy) is 1. The van der Waals surface area contributed by atoms with E-state index in [0.717, 1.165) is 0 Å². The van der Waals surface area contributed by atoms with Crippen LogP contribution in [0.3, 0.4) is 0 Å². The summed E-state index contributed by atoms with van der Waals surface area (Å²) < 4.78 is 6.79. The van der Waals surface area contributed by atoms with Crippen LogP contribution in [0.25, 0.3) is 0 Å². The molecule has 0 saturated heterocycles. The quantitative estimate of drug-likeness (QED) is 0.831. The number of aromatic nitrogens is 2. The predicted molar refractivity (Wildman–Crippen MR) is 66.9 cm³/mol. The van der Waals surface area contributed by atoms with Crippen molar-refractivity contribution < 1.29 is 9.53 Å². The summed E-state index contributed by atoms with van der Waals surface area (Å²) in [7, 11) is 0. The Morgan fingerprint density at radius 1 is 1.53 bits per heavy atom. The molecular weight excluding hydrogens is 220 g/mol. The van der Waals surface area contributed by atoms with Gasteiger partial charge in [-0.25, -0.2) is 9.48 Å². The van der Waals surface area contributed by atoms with E-state index in [9.17, 15) is 4.79 Å². The Morgan fingerprint density at radius 3 is 2.59 bits per heavy atom. The minimum Gasteiger partial charge on any atom is -0.444 e. The molecule has 0 radical (unpaired) electrons. The van der Waals surface area contributed by atoms with Crippen LogP contribution in [0.4, 0.5) is 16.3 Å². The van der Waals surface area contributed by atoms with Gasteiger partial charge in [0, 0.05) is 6.04 Å². The molecular formula is C11H20N4O2. The van der Waals surface area contributed by atoms with Gasteiger partial charge in [-0.05, 0) is 34.6 Å². The fourth-order valence-electron chi connectivity index (χ4n) is 1.30. The number of carbonyl (C=O) groups excluding carboxylic acids is 1. The first-order chi connectivity index (χ1) is 7.70. The standard InChI is InChI=1S/C11H20N4O2/c1-7(2)15-9(8(12)6-13-15)14-10(16)17-11(3,4)5/h6-7H,12H2,1-5H3,(H,14,16). The third kappa shape index (κ3) is 3.65. The molecule has 3 N–H and O–H groups in total.